The number of hydrogen-bond donors (Lipinski definition) is 0. The van der Waals surface area contributed by atoms with Crippen molar-refractivity contribution < 1.29 is 4.74 Å². The molecule has 148 valence electrons. The standard InChI is InChI=1S/C22H21N3O2S2/c1-15(12-27-2)25-21(26)18-10-6-7-11-19(18)24-22(25)29-14-17-13-28-20(23-17)16-8-4-3-5-9-16/h3-11,13,15H,12,14H2,1-2H3/t15-/m0/s1. The molecule has 0 spiro atoms. The van der Waals surface area contributed by atoms with Crippen LogP contribution in [0.15, 0.2) is 69.9 Å². The van der Waals surface area contributed by atoms with Crippen molar-refractivity contribution in [1.82, 2.24) is 14.5 Å². The van der Waals surface area contributed by atoms with Gasteiger partial charge in [0.15, 0.2) is 5.16 Å². The normalized spacial score (nSPS) is 12.3. The lowest BCUT2D eigenvalue weighted by Gasteiger charge is -2.18. The number of thiazole rings is 1. The van der Waals surface area contributed by atoms with Crippen molar-refractivity contribution in [3.63, 3.8) is 0 Å². The number of hydrogen-bond acceptors (Lipinski definition) is 6. The number of ether oxygens (including phenoxy) is 1. The third kappa shape index (κ3) is 4.27. The zero-order chi connectivity index (χ0) is 20.2. The highest BCUT2D eigenvalue weighted by Crippen LogP contribution is 2.28. The highest BCUT2D eigenvalue weighted by atomic mass is 32.2. The first-order chi connectivity index (χ1) is 14.2. The zero-order valence-corrected chi connectivity index (χ0v) is 17.9. The summed E-state index contributed by atoms with van der Waals surface area (Å²) < 4.78 is 7.02. The molecule has 29 heavy (non-hydrogen) atoms. The van der Waals surface area contributed by atoms with Gasteiger partial charge in [-0.05, 0) is 19.1 Å². The molecule has 0 saturated carbocycles. The first kappa shape index (κ1) is 19.8. The van der Waals surface area contributed by atoms with Gasteiger partial charge in [0.25, 0.3) is 5.56 Å². The molecule has 0 unspecified atom stereocenters. The van der Waals surface area contributed by atoms with Gasteiger partial charge in [-0.15, -0.1) is 11.3 Å². The maximum absolute atomic E-state index is 13.1. The molecule has 0 aliphatic rings. The van der Waals surface area contributed by atoms with Gasteiger partial charge >= 0.3 is 0 Å². The average molecular weight is 424 g/mol. The van der Waals surface area contributed by atoms with Crippen LogP contribution in [0.25, 0.3) is 21.5 Å². The van der Waals surface area contributed by atoms with Gasteiger partial charge in [-0.3, -0.25) is 9.36 Å². The summed E-state index contributed by atoms with van der Waals surface area (Å²) in [6, 6.07) is 17.5. The van der Waals surface area contributed by atoms with Gasteiger partial charge in [0, 0.05) is 23.8 Å². The number of para-hydroxylation sites is 1. The first-order valence-corrected chi connectivity index (χ1v) is 11.2. The van der Waals surface area contributed by atoms with E-state index < -0.39 is 0 Å². The van der Waals surface area contributed by atoms with Crippen molar-refractivity contribution in [2.24, 2.45) is 0 Å². The summed E-state index contributed by atoms with van der Waals surface area (Å²) in [5.74, 6) is 0.647. The molecule has 0 aliphatic heterocycles. The Balaban J connectivity index is 1.64. The van der Waals surface area contributed by atoms with Crippen molar-refractivity contribution in [3.8, 4) is 10.6 Å². The Morgan fingerprint density at radius 1 is 1.10 bits per heavy atom. The SMILES string of the molecule is COC[C@H](C)n1c(SCc2csc(-c3ccccc3)n2)nc2ccccc2c1=O. The fraction of sp³-hybridized carbons (Fsp3) is 0.227. The molecule has 5 nitrogen and oxygen atoms in total. The number of fused-ring (bicyclic) bond motifs is 1. The Kier molecular flexibility index (Phi) is 6.08. The molecule has 0 amide bonds. The van der Waals surface area contributed by atoms with Crippen molar-refractivity contribution in [1.29, 1.82) is 0 Å². The van der Waals surface area contributed by atoms with E-state index in [9.17, 15) is 4.79 Å². The van der Waals surface area contributed by atoms with Crippen molar-refractivity contribution >= 4 is 34.0 Å². The molecule has 0 radical (unpaired) electrons. The fourth-order valence-corrected chi connectivity index (χ4v) is 5.08. The van der Waals surface area contributed by atoms with Crippen LogP contribution in [0.3, 0.4) is 0 Å². The molecule has 4 aromatic rings. The highest BCUT2D eigenvalue weighted by molar-refractivity contribution is 7.98. The van der Waals surface area contributed by atoms with E-state index in [0.717, 1.165) is 16.3 Å². The predicted octanol–water partition coefficient (Wildman–Crippen LogP) is 5.02. The van der Waals surface area contributed by atoms with Gasteiger partial charge in [0.2, 0.25) is 0 Å². The maximum atomic E-state index is 13.1. The summed E-state index contributed by atoms with van der Waals surface area (Å²) in [5, 5.41) is 4.38. The summed E-state index contributed by atoms with van der Waals surface area (Å²) in [5.41, 5.74) is 2.77. The van der Waals surface area contributed by atoms with Gasteiger partial charge in [-0.2, -0.15) is 0 Å². The smallest absolute Gasteiger partial charge is 0.262 e. The Bertz CT molecular complexity index is 1170. The molecule has 2 aromatic carbocycles. The minimum atomic E-state index is -0.109. The summed E-state index contributed by atoms with van der Waals surface area (Å²) in [6.45, 7) is 2.42. The van der Waals surface area contributed by atoms with E-state index in [1.165, 1.54) is 11.8 Å². The van der Waals surface area contributed by atoms with E-state index in [0.29, 0.717) is 28.4 Å². The van der Waals surface area contributed by atoms with Gasteiger partial charge in [0.1, 0.15) is 5.01 Å². The third-order valence-electron chi connectivity index (χ3n) is 4.55. The number of methoxy groups -OCH3 is 1. The second kappa shape index (κ2) is 8.90. The summed E-state index contributed by atoms with van der Waals surface area (Å²) in [4.78, 5) is 22.6. The largest absolute Gasteiger partial charge is 0.383 e. The van der Waals surface area contributed by atoms with Crippen LogP contribution in [0.1, 0.15) is 18.7 Å². The van der Waals surface area contributed by atoms with E-state index in [1.54, 1.807) is 23.0 Å². The fourth-order valence-electron chi connectivity index (χ4n) is 3.16. The average Bonchev–Trinajstić information content (AvgIpc) is 3.22. The van der Waals surface area contributed by atoms with Crippen LogP contribution in [-0.4, -0.2) is 28.3 Å². The topological polar surface area (TPSA) is 57.0 Å². The minimum Gasteiger partial charge on any atom is -0.383 e. The molecule has 0 saturated heterocycles. The van der Waals surface area contributed by atoms with Crippen LogP contribution in [0.4, 0.5) is 0 Å². The van der Waals surface area contributed by atoms with E-state index in [2.05, 4.69) is 17.5 Å². The Labute approximate surface area is 177 Å². The second-order valence-electron chi connectivity index (χ2n) is 6.69. The summed E-state index contributed by atoms with van der Waals surface area (Å²) in [7, 11) is 1.64. The van der Waals surface area contributed by atoms with Crippen LogP contribution < -0.4 is 5.56 Å². The molecule has 0 bridgehead atoms. The van der Waals surface area contributed by atoms with Crippen LogP contribution in [-0.2, 0) is 10.5 Å². The van der Waals surface area contributed by atoms with Crippen molar-refractivity contribution in [2.75, 3.05) is 13.7 Å². The number of nitrogens with zero attached hydrogens (tertiary/aromatic N) is 3. The van der Waals surface area contributed by atoms with Crippen LogP contribution in [0.2, 0.25) is 0 Å². The molecule has 0 fully saturated rings. The van der Waals surface area contributed by atoms with Gasteiger partial charge in [0.05, 0.1) is 29.2 Å². The summed E-state index contributed by atoms with van der Waals surface area (Å²) >= 11 is 3.16. The van der Waals surface area contributed by atoms with E-state index in [-0.39, 0.29) is 11.6 Å². The third-order valence-corrected chi connectivity index (χ3v) is 6.47. The Hall–Kier alpha value is -2.48. The molecule has 0 aliphatic carbocycles. The molecule has 0 N–H and O–H groups in total. The maximum Gasteiger partial charge on any atom is 0.262 e. The predicted molar refractivity (Wildman–Crippen MR) is 120 cm³/mol. The van der Waals surface area contributed by atoms with E-state index in [1.807, 2.05) is 49.4 Å². The quantitative estimate of drug-likeness (QED) is 0.309. The lowest BCUT2D eigenvalue weighted by Crippen LogP contribution is -2.28. The molecule has 1 atom stereocenters. The molecule has 2 heterocycles. The monoisotopic (exact) mass is 423 g/mol. The molecule has 2 aromatic heterocycles. The van der Waals surface area contributed by atoms with Crippen molar-refractivity contribution in [2.45, 2.75) is 23.9 Å². The lowest BCUT2D eigenvalue weighted by molar-refractivity contribution is 0.156. The van der Waals surface area contributed by atoms with Crippen LogP contribution in [0.5, 0.6) is 0 Å². The van der Waals surface area contributed by atoms with Crippen molar-refractivity contribution in [3.05, 3.63) is 76.0 Å². The Morgan fingerprint density at radius 3 is 2.66 bits per heavy atom. The van der Waals surface area contributed by atoms with E-state index >= 15 is 0 Å². The minimum absolute atomic E-state index is 0.0362. The molecular weight excluding hydrogens is 402 g/mol. The first-order valence-electron chi connectivity index (χ1n) is 9.30. The van der Waals surface area contributed by atoms with Gasteiger partial charge < -0.3 is 4.74 Å². The lowest BCUT2D eigenvalue weighted by atomic mass is 10.2. The van der Waals surface area contributed by atoms with E-state index in [4.69, 9.17) is 14.7 Å². The molecule has 7 heteroatoms. The van der Waals surface area contributed by atoms with Crippen LogP contribution >= 0.6 is 23.1 Å². The van der Waals surface area contributed by atoms with Crippen LogP contribution in [0, 0.1) is 0 Å². The molecule has 4 rings (SSSR count). The number of aromatic nitrogens is 3. The highest BCUT2D eigenvalue weighted by Gasteiger charge is 2.17. The number of benzene rings is 2. The Morgan fingerprint density at radius 2 is 1.86 bits per heavy atom. The second-order valence-corrected chi connectivity index (χ2v) is 8.49. The summed E-state index contributed by atoms with van der Waals surface area (Å²) in [6.07, 6.45) is 0. The zero-order valence-electron chi connectivity index (χ0n) is 16.2. The number of rotatable bonds is 7. The van der Waals surface area contributed by atoms with Gasteiger partial charge in [-0.25, -0.2) is 9.97 Å². The number of thioether (sulfide) groups is 1. The van der Waals surface area contributed by atoms with Gasteiger partial charge in [-0.1, -0.05) is 54.2 Å². The molecular formula is C22H21N3O2S2.